The molecule has 0 aromatic heterocycles. The van der Waals surface area contributed by atoms with Crippen LogP contribution in [-0.4, -0.2) is 47.6 Å². The predicted molar refractivity (Wildman–Crippen MR) is 115 cm³/mol. The van der Waals surface area contributed by atoms with Crippen molar-refractivity contribution in [1.82, 2.24) is 0 Å². The summed E-state index contributed by atoms with van der Waals surface area (Å²) < 4.78 is 23.7. The highest BCUT2D eigenvalue weighted by molar-refractivity contribution is 6.42. The maximum absolute atomic E-state index is 13.7. The van der Waals surface area contributed by atoms with Gasteiger partial charge in [-0.25, -0.2) is 0 Å². The standard InChI is InChI=1S/C23H44O6/c1-14(2)21(11,12)22(13,26-15(3)4)19(24)20(25)23(27-16(5)6,28-17(7)8)29-18(9)10/h14-18H,1-13H3. The van der Waals surface area contributed by atoms with Gasteiger partial charge in [0, 0.05) is 5.41 Å². The summed E-state index contributed by atoms with van der Waals surface area (Å²) in [5, 5.41) is 0. The first kappa shape index (κ1) is 28.2. The first-order valence-electron chi connectivity index (χ1n) is 10.7. The first-order valence-corrected chi connectivity index (χ1v) is 10.7. The number of hydrogen-bond donors (Lipinski definition) is 0. The Morgan fingerprint density at radius 3 is 1.10 bits per heavy atom. The predicted octanol–water partition coefficient (Wildman–Crippen LogP) is 4.92. The number of carbonyl (C=O) groups is 2. The van der Waals surface area contributed by atoms with E-state index in [1.165, 1.54) is 0 Å². The fraction of sp³-hybridized carbons (Fsp3) is 0.913. The maximum Gasteiger partial charge on any atom is 0.355 e. The van der Waals surface area contributed by atoms with Gasteiger partial charge in [-0.2, -0.15) is 0 Å². The second-order valence-electron chi connectivity index (χ2n) is 9.79. The molecule has 6 nitrogen and oxygen atoms in total. The smallest absolute Gasteiger partial charge is 0.355 e. The van der Waals surface area contributed by atoms with Gasteiger partial charge in [0.1, 0.15) is 5.60 Å². The van der Waals surface area contributed by atoms with Crippen molar-refractivity contribution >= 4 is 11.6 Å². The van der Waals surface area contributed by atoms with E-state index < -0.39 is 46.9 Å². The van der Waals surface area contributed by atoms with Crippen LogP contribution in [0.4, 0.5) is 0 Å². The summed E-state index contributed by atoms with van der Waals surface area (Å²) in [5.74, 6) is -3.65. The molecule has 0 rings (SSSR count). The number of rotatable bonds is 13. The molecule has 0 radical (unpaired) electrons. The molecule has 0 aliphatic rings. The van der Waals surface area contributed by atoms with Gasteiger partial charge < -0.3 is 18.9 Å². The van der Waals surface area contributed by atoms with Gasteiger partial charge >= 0.3 is 5.97 Å². The summed E-state index contributed by atoms with van der Waals surface area (Å²) in [6.45, 7) is 23.8. The van der Waals surface area contributed by atoms with Crippen LogP contribution in [-0.2, 0) is 28.5 Å². The van der Waals surface area contributed by atoms with Crippen LogP contribution in [0, 0.1) is 11.3 Å². The fourth-order valence-electron chi connectivity index (χ4n) is 3.05. The van der Waals surface area contributed by atoms with Gasteiger partial charge in [-0.3, -0.25) is 9.59 Å². The molecule has 6 heteroatoms. The molecule has 0 bridgehead atoms. The Morgan fingerprint density at radius 2 is 0.862 bits per heavy atom. The molecule has 0 amide bonds. The molecule has 0 aromatic carbocycles. The molecule has 1 atom stereocenters. The van der Waals surface area contributed by atoms with Crippen molar-refractivity contribution in [3.05, 3.63) is 0 Å². The molecule has 0 heterocycles. The molecule has 0 aliphatic heterocycles. The Bertz CT molecular complexity index is 521. The van der Waals surface area contributed by atoms with E-state index >= 15 is 0 Å². The van der Waals surface area contributed by atoms with E-state index in [2.05, 4.69) is 0 Å². The fourth-order valence-corrected chi connectivity index (χ4v) is 3.05. The van der Waals surface area contributed by atoms with Crippen molar-refractivity contribution in [2.24, 2.45) is 11.3 Å². The summed E-state index contributed by atoms with van der Waals surface area (Å²) in [5.41, 5.74) is -2.03. The largest absolute Gasteiger partial charge is 0.364 e. The Morgan fingerprint density at radius 1 is 0.552 bits per heavy atom. The van der Waals surface area contributed by atoms with Crippen molar-refractivity contribution in [2.45, 2.75) is 126 Å². The third-order valence-electron chi connectivity index (χ3n) is 5.23. The van der Waals surface area contributed by atoms with Crippen molar-refractivity contribution in [1.29, 1.82) is 0 Å². The summed E-state index contributed by atoms with van der Waals surface area (Å²) in [4.78, 5) is 27.4. The lowest BCUT2D eigenvalue weighted by atomic mass is 9.65. The number of ether oxygens (including phenoxy) is 4. The molecular formula is C23H44O6. The van der Waals surface area contributed by atoms with Crippen LogP contribution in [0.3, 0.4) is 0 Å². The van der Waals surface area contributed by atoms with Crippen LogP contribution < -0.4 is 0 Å². The lowest BCUT2D eigenvalue weighted by Crippen LogP contribution is -2.63. The Balaban J connectivity index is 6.52. The molecule has 29 heavy (non-hydrogen) atoms. The lowest BCUT2D eigenvalue weighted by molar-refractivity contribution is -0.380. The molecule has 1 unspecified atom stereocenters. The van der Waals surface area contributed by atoms with Crippen LogP contribution in [0.25, 0.3) is 0 Å². The highest BCUT2D eigenvalue weighted by Crippen LogP contribution is 2.43. The summed E-state index contributed by atoms with van der Waals surface area (Å²) >= 11 is 0. The second kappa shape index (κ2) is 10.5. The van der Waals surface area contributed by atoms with Crippen LogP contribution >= 0.6 is 0 Å². The second-order valence-corrected chi connectivity index (χ2v) is 9.79. The van der Waals surface area contributed by atoms with Gasteiger partial charge in [-0.05, 0) is 68.2 Å². The third-order valence-corrected chi connectivity index (χ3v) is 5.23. The van der Waals surface area contributed by atoms with E-state index in [9.17, 15) is 9.59 Å². The van der Waals surface area contributed by atoms with Crippen LogP contribution in [0.2, 0.25) is 0 Å². The zero-order valence-corrected chi connectivity index (χ0v) is 20.8. The Kier molecular flexibility index (Phi) is 10.2. The van der Waals surface area contributed by atoms with Crippen LogP contribution in [0.15, 0.2) is 0 Å². The quantitative estimate of drug-likeness (QED) is 0.313. The van der Waals surface area contributed by atoms with Gasteiger partial charge in [0.25, 0.3) is 5.78 Å². The zero-order chi connectivity index (χ0) is 23.4. The highest BCUT2D eigenvalue weighted by Gasteiger charge is 2.59. The normalized spacial score (nSPS) is 15.7. The zero-order valence-electron chi connectivity index (χ0n) is 20.8. The monoisotopic (exact) mass is 416 g/mol. The minimum Gasteiger partial charge on any atom is -0.364 e. The van der Waals surface area contributed by atoms with Crippen molar-refractivity contribution in [2.75, 3.05) is 0 Å². The minimum atomic E-state index is -2.12. The highest BCUT2D eigenvalue weighted by atomic mass is 16.9. The number of ketones is 2. The lowest BCUT2D eigenvalue weighted by Gasteiger charge is -2.47. The molecule has 0 fully saturated rings. The van der Waals surface area contributed by atoms with E-state index in [4.69, 9.17) is 18.9 Å². The molecule has 172 valence electrons. The summed E-state index contributed by atoms with van der Waals surface area (Å²) in [6.07, 6.45) is -1.47. The number of Topliss-reactive ketones (excluding diaryl/α,β-unsaturated/α-hetero) is 2. The number of carbonyl (C=O) groups excluding carboxylic acids is 2. The molecule has 0 aromatic rings. The maximum atomic E-state index is 13.7. The van der Waals surface area contributed by atoms with E-state index in [0.717, 1.165) is 0 Å². The van der Waals surface area contributed by atoms with E-state index in [1.807, 2.05) is 41.5 Å². The Hall–Kier alpha value is -0.820. The van der Waals surface area contributed by atoms with E-state index in [0.29, 0.717) is 0 Å². The van der Waals surface area contributed by atoms with Gasteiger partial charge in [0.2, 0.25) is 5.78 Å². The van der Waals surface area contributed by atoms with E-state index in [1.54, 1.807) is 48.5 Å². The molecule has 0 saturated heterocycles. The van der Waals surface area contributed by atoms with Crippen molar-refractivity contribution in [3.63, 3.8) is 0 Å². The molecule has 0 aliphatic carbocycles. The van der Waals surface area contributed by atoms with E-state index in [-0.39, 0.29) is 12.0 Å². The van der Waals surface area contributed by atoms with Gasteiger partial charge in [-0.1, -0.05) is 27.7 Å². The average Bonchev–Trinajstić information content (AvgIpc) is 2.49. The molecule has 0 N–H and O–H groups in total. The number of hydrogen-bond acceptors (Lipinski definition) is 6. The topological polar surface area (TPSA) is 71.1 Å². The molecule has 0 saturated carbocycles. The summed E-state index contributed by atoms with van der Waals surface area (Å²) in [7, 11) is 0. The SMILES string of the molecule is CC(C)OC(OC(C)C)(OC(C)C)C(=O)C(=O)C(C)(OC(C)C)C(C)(C)C(C)C. The summed E-state index contributed by atoms with van der Waals surface area (Å²) in [6, 6.07) is 0. The van der Waals surface area contributed by atoms with Crippen LogP contribution in [0.5, 0.6) is 0 Å². The van der Waals surface area contributed by atoms with Crippen LogP contribution in [0.1, 0.15) is 90.0 Å². The van der Waals surface area contributed by atoms with Gasteiger partial charge in [0.15, 0.2) is 0 Å². The van der Waals surface area contributed by atoms with Gasteiger partial charge in [0.05, 0.1) is 24.4 Å². The minimum absolute atomic E-state index is 0.0699. The first-order chi connectivity index (χ1) is 12.9. The molecule has 0 spiro atoms. The third kappa shape index (κ3) is 6.84. The van der Waals surface area contributed by atoms with Gasteiger partial charge in [-0.15, -0.1) is 0 Å². The Labute approximate surface area is 178 Å². The average molecular weight is 417 g/mol. The molecular weight excluding hydrogens is 372 g/mol. The van der Waals surface area contributed by atoms with Crippen molar-refractivity contribution < 1.29 is 28.5 Å². The van der Waals surface area contributed by atoms with Crippen molar-refractivity contribution in [3.8, 4) is 0 Å².